The molecule has 2 amide bonds. The highest BCUT2D eigenvalue weighted by atomic mass is 19.4. The zero-order valence-electron chi connectivity index (χ0n) is 12.2. The molecule has 0 saturated carbocycles. The number of hydrogen-bond donors (Lipinski definition) is 2. The minimum atomic E-state index is -4.92. The smallest absolute Gasteiger partial charge is 0.471 e. The largest absolute Gasteiger partial charge is 0.483 e. The van der Waals surface area contributed by atoms with E-state index in [2.05, 4.69) is 5.32 Å². The highest BCUT2D eigenvalue weighted by Gasteiger charge is 2.38. The Morgan fingerprint density at radius 2 is 1.77 bits per heavy atom. The van der Waals surface area contributed by atoms with Crippen molar-refractivity contribution < 1.29 is 27.5 Å². The maximum Gasteiger partial charge on any atom is 0.471 e. The summed E-state index contributed by atoms with van der Waals surface area (Å²) in [5.74, 6) is -1.95. The lowest BCUT2D eigenvalue weighted by Gasteiger charge is -2.11. The Hall–Kier alpha value is -2.25. The van der Waals surface area contributed by atoms with E-state index in [0.29, 0.717) is 5.75 Å². The van der Waals surface area contributed by atoms with Crippen molar-refractivity contribution >= 4 is 11.8 Å². The van der Waals surface area contributed by atoms with Gasteiger partial charge in [0.1, 0.15) is 5.75 Å². The number of alkyl halides is 3. The molecular weight excluding hydrogens is 301 g/mol. The summed E-state index contributed by atoms with van der Waals surface area (Å²) in [5, 5.41) is 4.00. The Bertz CT molecular complexity index is 545. The summed E-state index contributed by atoms with van der Waals surface area (Å²) >= 11 is 0. The minimum Gasteiger partial charge on any atom is -0.483 e. The van der Waals surface area contributed by atoms with E-state index in [1.165, 1.54) is 0 Å². The number of benzene rings is 1. The van der Waals surface area contributed by atoms with Gasteiger partial charge >= 0.3 is 12.1 Å². The molecule has 0 spiro atoms. The van der Waals surface area contributed by atoms with Crippen LogP contribution in [0.3, 0.4) is 0 Å². The summed E-state index contributed by atoms with van der Waals surface area (Å²) in [5.41, 5.74) is 1.93. The quantitative estimate of drug-likeness (QED) is 0.781. The summed E-state index contributed by atoms with van der Waals surface area (Å²) in [6.07, 6.45) is -4.92. The van der Waals surface area contributed by atoms with Crippen molar-refractivity contribution in [3.63, 3.8) is 0 Å². The molecule has 8 heteroatoms. The Labute approximate surface area is 125 Å². The molecule has 0 aliphatic carbocycles. The molecule has 0 atom stereocenters. The van der Waals surface area contributed by atoms with Gasteiger partial charge in [-0.2, -0.15) is 13.2 Å². The normalized spacial score (nSPS) is 11.0. The molecule has 1 rings (SSSR count). The van der Waals surface area contributed by atoms with Crippen LogP contribution in [0.5, 0.6) is 5.75 Å². The second-order valence-electron chi connectivity index (χ2n) is 4.59. The van der Waals surface area contributed by atoms with Crippen LogP contribution >= 0.6 is 0 Å². The number of ether oxygens (including phenoxy) is 1. The second-order valence-corrected chi connectivity index (χ2v) is 4.59. The summed E-state index contributed by atoms with van der Waals surface area (Å²) in [4.78, 5) is 22.0. The molecular formula is C14H17F3N2O3. The second kappa shape index (κ2) is 7.67. The van der Waals surface area contributed by atoms with E-state index < -0.39 is 18.0 Å². The molecule has 0 bridgehead atoms. The molecule has 0 radical (unpaired) electrons. The van der Waals surface area contributed by atoms with Gasteiger partial charge in [-0.15, -0.1) is 0 Å². The molecule has 122 valence electrons. The van der Waals surface area contributed by atoms with E-state index in [-0.39, 0.29) is 19.7 Å². The number of carbonyl (C=O) groups excluding carboxylic acids is 2. The van der Waals surface area contributed by atoms with Gasteiger partial charge in [-0.3, -0.25) is 9.59 Å². The van der Waals surface area contributed by atoms with Gasteiger partial charge in [-0.1, -0.05) is 12.1 Å². The lowest BCUT2D eigenvalue weighted by Crippen LogP contribution is -2.41. The van der Waals surface area contributed by atoms with Gasteiger partial charge in [0.05, 0.1) is 0 Å². The third-order valence-corrected chi connectivity index (χ3v) is 2.90. The van der Waals surface area contributed by atoms with Crippen molar-refractivity contribution in [1.29, 1.82) is 0 Å². The third-order valence-electron chi connectivity index (χ3n) is 2.90. The van der Waals surface area contributed by atoms with Crippen molar-refractivity contribution in [3.8, 4) is 5.75 Å². The summed E-state index contributed by atoms with van der Waals surface area (Å²) in [7, 11) is 0. The molecule has 0 aromatic heterocycles. The van der Waals surface area contributed by atoms with Gasteiger partial charge < -0.3 is 15.4 Å². The molecule has 0 heterocycles. The first-order valence-corrected chi connectivity index (χ1v) is 6.52. The monoisotopic (exact) mass is 318 g/mol. The topological polar surface area (TPSA) is 67.4 Å². The fourth-order valence-corrected chi connectivity index (χ4v) is 1.55. The lowest BCUT2D eigenvalue weighted by molar-refractivity contribution is -0.173. The first kappa shape index (κ1) is 17.8. The van der Waals surface area contributed by atoms with Crippen molar-refractivity contribution in [2.45, 2.75) is 20.0 Å². The van der Waals surface area contributed by atoms with E-state index in [1.807, 2.05) is 19.9 Å². The Morgan fingerprint density at radius 3 is 2.41 bits per heavy atom. The zero-order chi connectivity index (χ0) is 16.8. The molecule has 5 nitrogen and oxygen atoms in total. The van der Waals surface area contributed by atoms with E-state index in [4.69, 9.17) is 4.74 Å². The van der Waals surface area contributed by atoms with E-state index in [9.17, 15) is 22.8 Å². The van der Waals surface area contributed by atoms with Crippen LogP contribution in [-0.4, -0.2) is 37.7 Å². The molecule has 0 fully saturated rings. The van der Waals surface area contributed by atoms with Crippen molar-refractivity contribution in [3.05, 3.63) is 29.3 Å². The number of rotatable bonds is 6. The minimum absolute atomic E-state index is 0.114. The predicted octanol–water partition coefficient (Wildman–Crippen LogP) is 1.48. The zero-order valence-corrected chi connectivity index (χ0v) is 12.2. The average Bonchev–Trinajstić information content (AvgIpc) is 2.44. The molecule has 0 saturated heterocycles. The van der Waals surface area contributed by atoms with Gasteiger partial charge in [0.2, 0.25) is 0 Å². The van der Waals surface area contributed by atoms with Gasteiger partial charge in [-0.05, 0) is 31.0 Å². The Kier molecular flexibility index (Phi) is 6.21. The molecule has 2 N–H and O–H groups in total. The summed E-state index contributed by atoms with van der Waals surface area (Å²) in [6, 6.07) is 5.42. The van der Waals surface area contributed by atoms with Gasteiger partial charge in [0.15, 0.2) is 6.61 Å². The number of nitrogens with one attached hydrogen (secondary N) is 2. The molecule has 0 unspecified atom stereocenters. The molecule has 22 heavy (non-hydrogen) atoms. The number of hydrogen-bond acceptors (Lipinski definition) is 3. The van der Waals surface area contributed by atoms with Gasteiger partial charge in [-0.25, -0.2) is 0 Å². The predicted molar refractivity (Wildman–Crippen MR) is 73.5 cm³/mol. The number of aryl methyl sites for hydroxylation is 1. The van der Waals surface area contributed by atoms with E-state index in [1.54, 1.807) is 17.4 Å². The van der Waals surface area contributed by atoms with E-state index in [0.717, 1.165) is 11.1 Å². The van der Waals surface area contributed by atoms with Gasteiger partial charge in [0, 0.05) is 13.1 Å². The molecule has 0 aliphatic rings. The van der Waals surface area contributed by atoms with Crippen LogP contribution in [0.15, 0.2) is 18.2 Å². The highest BCUT2D eigenvalue weighted by molar-refractivity contribution is 5.81. The van der Waals surface area contributed by atoms with Crippen LogP contribution in [0.4, 0.5) is 13.2 Å². The van der Waals surface area contributed by atoms with Crippen LogP contribution in [0.25, 0.3) is 0 Å². The summed E-state index contributed by atoms with van der Waals surface area (Å²) < 4.78 is 41.0. The molecule has 1 aromatic carbocycles. The van der Waals surface area contributed by atoms with Crippen LogP contribution in [0, 0.1) is 13.8 Å². The highest BCUT2D eigenvalue weighted by Crippen LogP contribution is 2.20. The molecule has 1 aromatic rings. The number of carbonyl (C=O) groups is 2. The maximum atomic E-state index is 11.9. The fraction of sp³-hybridized carbons (Fsp3) is 0.429. The Morgan fingerprint density at radius 1 is 1.14 bits per heavy atom. The summed E-state index contributed by atoms with van der Waals surface area (Å²) in [6.45, 7) is 3.09. The van der Waals surface area contributed by atoms with Crippen LogP contribution < -0.4 is 15.4 Å². The van der Waals surface area contributed by atoms with E-state index >= 15 is 0 Å². The van der Waals surface area contributed by atoms with Crippen molar-refractivity contribution in [2.75, 3.05) is 19.7 Å². The SMILES string of the molecule is Cc1cccc(OCC(=O)NCCNC(=O)C(F)(F)F)c1C. The molecule has 0 aliphatic heterocycles. The Balaban J connectivity index is 2.27. The number of amides is 2. The van der Waals surface area contributed by atoms with Crippen molar-refractivity contribution in [1.82, 2.24) is 10.6 Å². The van der Waals surface area contributed by atoms with Crippen LogP contribution in [0.2, 0.25) is 0 Å². The number of halogens is 3. The van der Waals surface area contributed by atoms with Crippen molar-refractivity contribution in [2.24, 2.45) is 0 Å². The average molecular weight is 318 g/mol. The fourth-order valence-electron chi connectivity index (χ4n) is 1.55. The first-order valence-electron chi connectivity index (χ1n) is 6.52. The standard InChI is InChI=1S/C14H17F3N2O3/c1-9-4-3-5-11(10(9)2)22-8-12(20)18-6-7-19-13(21)14(15,16)17/h3-5H,6-8H2,1-2H3,(H,18,20)(H,19,21). The third kappa shape index (κ3) is 5.63. The first-order chi connectivity index (χ1) is 10.2. The lowest BCUT2D eigenvalue weighted by atomic mass is 10.1. The van der Waals surface area contributed by atoms with Gasteiger partial charge in [0.25, 0.3) is 5.91 Å². The van der Waals surface area contributed by atoms with Crippen LogP contribution in [-0.2, 0) is 9.59 Å². The van der Waals surface area contributed by atoms with Crippen LogP contribution in [0.1, 0.15) is 11.1 Å². The maximum absolute atomic E-state index is 11.9.